The topological polar surface area (TPSA) is 52.0 Å². The number of aromatic nitrogens is 3. The lowest BCUT2D eigenvalue weighted by Crippen LogP contribution is -2.17. The summed E-state index contributed by atoms with van der Waals surface area (Å²) >= 11 is 0. The number of aryl methyl sites for hydroxylation is 1. The molecule has 0 aliphatic heterocycles. The van der Waals surface area contributed by atoms with Crippen molar-refractivity contribution in [3.63, 3.8) is 0 Å². The van der Waals surface area contributed by atoms with Crippen LogP contribution in [0.3, 0.4) is 0 Å². The third-order valence-corrected chi connectivity index (χ3v) is 2.95. The number of nitrogens with zero attached hydrogens (tertiary/aromatic N) is 3. The molecule has 0 spiro atoms. The molecular formula is C15H22N4O. The average molecular weight is 274 g/mol. The standard InChI is InChI=1S/C15H22N4O/c1-3-8-19-15(17-12-18-19)11-16-10-13-6-5-7-14(9-13)20-4-2/h5-7,9,12,16H,3-4,8,10-11H2,1-2H3. The van der Waals surface area contributed by atoms with Crippen LogP contribution in [0.5, 0.6) is 5.75 Å². The van der Waals surface area contributed by atoms with E-state index in [0.29, 0.717) is 6.61 Å². The number of nitrogens with one attached hydrogen (secondary N) is 1. The number of benzene rings is 1. The molecule has 0 atom stereocenters. The Morgan fingerprint density at radius 3 is 2.95 bits per heavy atom. The largest absolute Gasteiger partial charge is 0.494 e. The Balaban J connectivity index is 1.86. The number of rotatable bonds is 8. The molecule has 2 rings (SSSR count). The van der Waals surface area contributed by atoms with Gasteiger partial charge in [0, 0.05) is 13.1 Å². The van der Waals surface area contributed by atoms with Gasteiger partial charge in [0.05, 0.1) is 13.2 Å². The van der Waals surface area contributed by atoms with Crippen molar-refractivity contribution in [3.8, 4) is 5.75 Å². The summed E-state index contributed by atoms with van der Waals surface area (Å²) in [6.45, 7) is 7.25. The molecule has 0 aliphatic carbocycles. The fraction of sp³-hybridized carbons (Fsp3) is 0.467. The molecule has 0 radical (unpaired) electrons. The second kappa shape index (κ2) is 7.65. The Morgan fingerprint density at radius 2 is 2.15 bits per heavy atom. The number of ether oxygens (including phenoxy) is 1. The SMILES string of the molecule is CCCn1ncnc1CNCc1cccc(OCC)c1. The van der Waals surface area contributed by atoms with Crippen LogP contribution in [0.15, 0.2) is 30.6 Å². The molecule has 1 aromatic carbocycles. The first-order chi connectivity index (χ1) is 9.83. The van der Waals surface area contributed by atoms with Crippen LogP contribution in [0.1, 0.15) is 31.7 Å². The van der Waals surface area contributed by atoms with E-state index < -0.39 is 0 Å². The van der Waals surface area contributed by atoms with E-state index in [1.54, 1.807) is 6.33 Å². The van der Waals surface area contributed by atoms with Crippen LogP contribution in [-0.4, -0.2) is 21.4 Å². The quantitative estimate of drug-likeness (QED) is 0.803. The van der Waals surface area contributed by atoms with E-state index in [4.69, 9.17) is 4.74 Å². The van der Waals surface area contributed by atoms with Crippen molar-refractivity contribution in [2.24, 2.45) is 0 Å². The van der Waals surface area contributed by atoms with E-state index in [2.05, 4.69) is 34.5 Å². The first kappa shape index (κ1) is 14.5. The van der Waals surface area contributed by atoms with Gasteiger partial charge in [-0.15, -0.1) is 0 Å². The molecule has 0 bridgehead atoms. The highest BCUT2D eigenvalue weighted by Crippen LogP contribution is 2.13. The third kappa shape index (κ3) is 4.06. The summed E-state index contributed by atoms with van der Waals surface area (Å²) in [5, 5.41) is 7.61. The second-order valence-corrected chi connectivity index (χ2v) is 4.58. The summed E-state index contributed by atoms with van der Waals surface area (Å²) in [7, 11) is 0. The molecular weight excluding hydrogens is 252 g/mol. The van der Waals surface area contributed by atoms with Crippen molar-refractivity contribution in [2.75, 3.05) is 6.61 Å². The van der Waals surface area contributed by atoms with Gasteiger partial charge in [-0.2, -0.15) is 5.10 Å². The molecule has 1 N–H and O–H groups in total. The van der Waals surface area contributed by atoms with E-state index in [1.165, 1.54) is 5.56 Å². The molecule has 108 valence electrons. The monoisotopic (exact) mass is 274 g/mol. The zero-order valence-electron chi connectivity index (χ0n) is 12.2. The lowest BCUT2D eigenvalue weighted by atomic mass is 10.2. The van der Waals surface area contributed by atoms with Crippen LogP contribution < -0.4 is 10.1 Å². The van der Waals surface area contributed by atoms with Crippen molar-refractivity contribution in [1.82, 2.24) is 20.1 Å². The zero-order valence-corrected chi connectivity index (χ0v) is 12.2. The predicted octanol–water partition coefficient (Wildman–Crippen LogP) is 2.38. The normalized spacial score (nSPS) is 10.7. The van der Waals surface area contributed by atoms with Crippen LogP contribution in [0.2, 0.25) is 0 Å². The highest BCUT2D eigenvalue weighted by molar-refractivity contribution is 5.28. The van der Waals surface area contributed by atoms with Gasteiger partial charge in [-0.1, -0.05) is 19.1 Å². The number of hydrogen-bond acceptors (Lipinski definition) is 4. The molecule has 5 nitrogen and oxygen atoms in total. The highest BCUT2D eigenvalue weighted by atomic mass is 16.5. The van der Waals surface area contributed by atoms with Crippen molar-refractivity contribution in [1.29, 1.82) is 0 Å². The smallest absolute Gasteiger partial charge is 0.140 e. The van der Waals surface area contributed by atoms with Gasteiger partial charge >= 0.3 is 0 Å². The number of hydrogen-bond donors (Lipinski definition) is 1. The highest BCUT2D eigenvalue weighted by Gasteiger charge is 2.03. The first-order valence-corrected chi connectivity index (χ1v) is 7.12. The molecule has 1 heterocycles. The maximum absolute atomic E-state index is 5.50. The van der Waals surface area contributed by atoms with Gasteiger partial charge < -0.3 is 10.1 Å². The molecule has 5 heteroatoms. The molecule has 0 unspecified atom stereocenters. The second-order valence-electron chi connectivity index (χ2n) is 4.58. The van der Waals surface area contributed by atoms with Gasteiger partial charge in [0.25, 0.3) is 0 Å². The van der Waals surface area contributed by atoms with Crippen LogP contribution >= 0.6 is 0 Å². The van der Waals surface area contributed by atoms with Gasteiger partial charge in [0.15, 0.2) is 0 Å². The molecule has 0 saturated heterocycles. The average Bonchev–Trinajstić information content (AvgIpc) is 2.88. The summed E-state index contributed by atoms with van der Waals surface area (Å²) in [5.74, 6) is 1.90. The van der Waals surface area contributed by atoms with E-state index >= 15 is 0 Å². The zero-order chi connectivity index (χ0) is 14.2. The maximum atomic E-state index is 5.50. The van der Waals surface area contributed by atoms with Gasteiger partial charge in [0.1, 0.15) is 17.9 Å². The summed E-state index contributed by atoms with van der Waals surface area (Å²) in [4.78, 5) is 4.28. The maximum Gasteiger partial charge on any atom is 0.140 e. The summed E-state index contributed by atoms with van der Waals surface area (Å²) in [5.41, 5.74) is 1.21. The molecule has 1 aromatic heterocycles. The summed E-state index contributed by atoms with van der Waals surface area (Å²) in [6, 6.07) is 8.14. The summed E-state index contributed by atoms with van der Waals surface area (Å²) in [6.07, 6.45) is 2.68. The Labute approximate surface area is 120 Å². The van der Waals surface area contributed by atoms with Crippen LogP contribution in [-0.2, 0) is 19.6 Å². The minimum absolute atomic E-state index is 0.691. The molecule has 0 amide bonds. The molecule has 20 heavy (non-hydrogen) atoms. The fourth-order valence-corrected chi connectivity index (χ4v) is 2.05. The van der Waals surface area contributed by atoms with E-state index in [-0.39, 0.29) is 0 Å². The molecule has 0 fully saturated rings. The van der Waals surface area contributed by atoms with Gasteiger partial charge in [-0.3, -0.25) is 0 Å². The third-order valence-electron chi connectivity index (χ3n) is 2.95. The van der Waals surface area contributed by atoms with E-state index in [9.17, 15) is 0 Å². The molecule has 2 aromatic rings. The van der Waals surface area contributed by atoms with Crippen molar-refractivity contribution < 1.29 is 4.74 Å². The lowest BCUT2D eigenvalue weighted by Gasteiger charge is -2.08. The van der Waals surface area contributed by atoms with Crippen molar-refractivity contribution >= 4 is 0 Å². The van der Waals surface area contributed by atoms with E-state index in [1.807, 2.05) is 23.7 Å². The Morgan fingerprint density at radius 1 is 1.25 bits per heavy atom. The Hall–Kier alpha value is -1.88. The van der Waals surface area contributed by atoms with E-state index in [0.717, 1.165) is 37.6 Å². The first-order valence-electron chi connectivity index (χ1n) is 7.12. The van der Waals surface area contributed by atoms with Crippen LogP contribution in [0.4, 0.5) is 0 Å². The molecule has 0 saturated carbocycles. The van der Waals surface area contributed by atoms with Crippen LogP contribution in [0, 0.1) is 0 Å². The van der Waals surface area contributed by atoms with Crippen molar-refractivity contribution in [2.45, 2.75) is 39.9 Å². The van der Waals surface area contributed by atoms with Gasteiger partial charge in [-0.05, 0) is 31.0 Å². The fourth-order valence-electron chi connectivity index (χ4n) is 2.05. The molecule has 0 aliphatic rings. The van der Waals surface area contributed by atoms with Crippen molar-refractivity contribution in [3.05, 3.63) is 42.0 Å². The van der Waals surface area contributed by atoms with Crippen LogP contribution in [0.25, 0.3) is 0 Å². The Bertz CT molecular complexity index is 524. The minimum atomic E-state index is 0.691. The minimum Gasteiger partial charge on any atom is -0.494 e. The van der Waals surface area contributed by atoms with Gasteiger partial charge in [0.2, 0.25) is 0 Å². The van der Waals surface area contributed by atoms with Gasteiger partial charge in [-0.25, -0.2) is 9.67 Å². The Kier molecular flexibility index (Phi) is 5.55. The summed E-state index contributed by atoms with van der Waals surface area (Å²) < 4.78 is 7.44. The lowest BCUT2D eigenvalue weighted by molar-refractivity contribution is 0.340. The predicted molar refractivity (Wildman–Crippen MR) is 78.5 cm³/mol.